The lowest BCUT2D eigenvalue weighted by Crippen LogP contribution is -2.25. The Labute approximate surface area is 138 Å². The van der Waals surface area contributed by atoms with E-state index in [4.69, 9.17) is 5.26 Å². The highest BCUT2D eigenvalue weighted by Crippen LogP contribution is 2.35. The Balaban J connectivity index is 1.81. The number of nitrogens with one attached hydrogen (secondary N) is 1. The Kier molecular flexibility index (Phi) is 3.17. The van der Waals surface area contributed by atoms with Gasteiger partial charge in [0.25, 0.3) is 5.91 Å². The van der Waals surface area contributed by atoms with Crippen molar-refractivity contribution in [1.82, 2.24) is 15.1 Å². The van der Waals surface area contributed by atoms with Gasteiger partial charge in [-0.2, -0.15) is 10.4 Å². The fourth-order valence-corrected chi connectivity index (χ4v) is 3.17. The average Bonchev–Trinajstić information content (AvgIpc) is 3.17. The maximum absolute atomic E-state index is 12.6. The minimum absolute atomic E-state index is 0.0666. The fourth-order valence-electron chi connectivity index (χ4n) is 3.17. The number of nitriles is 1. The Hall–Kier alpha value is -3.39. The van der Waals surface area contributed by atoms with Gasteiger partial charge < -0.3 is 4.90 Å². The summed E-state index contributed by atoms with van der Waals surface area (Å²) in [6.07, 6.45) is 0. The highest BCUT2D eigenvalue weighted by Gasteiger charge is 2.30. The number of benzene rings is 2. The van der Waals surface area contributed by atoms with Gasteiger partial charge in [-0.05, 0) is 17.7 Å². The number of fused-ring (bicyclic) bond motifs is 2. The maximum atomic E-state index is 12.6. The summed E-state index contributed by atoms with van der Waals surface area (Å²) in [6, 6.07) is 15.6. The van der Waals surface area contributed by atoms with Crippen molar-refractivity contribution < 1.29 is 4.79 Å². The van der Waals surface area contributed by atoms with Gasteiger partial charge in [0, 0.05) is 28.6 Å². The highest BCUT2D eigenvalue weighted by atomic mass is 16.2. The molecule has 0 spiro atoms. The van der Waals surface area contributed by atoms with Crippen molar-refractivity contribution >= 4 is 16.8 Å². The molecule has 0 saturated carbocycles. The van der Waals surface area contributed by atoms with E-state index >= 15 is 0 Å². The molecule has 2 heterocycles. The molecule has 5 heteroatoms. The SMILES string of the molecule is C=C(C#N)CN1Cc2c(cccc2-c2n[nH]c3ccccc23)C1=O. The lowest BCUT2D eigenvalue weighted by molar-refractivity contribution is 0.0794. The zero-order valence-corrected chi connectivity index (χ0v) is 12.9. The molecule has 116 valence electrons. The minimum atomic E-state index is -0.0666. The van der Waals surface area contributed by atoms with Gasteiger partial charge in [-0.3, -0.25) is 9.89 Å². The molecule has 5 nitrogen and oxygen atoms in total. The lowest BCUT2D eigenvalue weighted by atomic mass is 9.99. The van der Waals surface area contributed by atoms with Crippen molar-refractivity contribution in [2.45, 2.75) is 6.54 Å². The van der Waals surface area contributed by atoms with Gasteiger partial charge in [0.1, 0.15) is 5.69 Å². The van der Waals surface area contributed by atoms with E-state index < -0.39 is 0 Å². The molecule has 0 atom stereocenters. The predicted molar refractivity (Wildman–Crippen MR) is 91.0 cm³/mol. The molecule has 1 N–H and O–H groups in total. The first-order valence-electron chi connectivity index (χ1n) is 7.61. The van der Waals surface area contributed by atoms with Gasteiger partial charge in [0.05, 0.1) is 18.1 Å². The Morgan fingerprint density at radius 3 is 2.88 bits per heavy atom. The molecule has 1 amide bonds. The zero-order valence-electron chi connectivity index (χ0n) is 12.9. The summed E-state index contributed by atoms with van der Waals surface area (Å²) in [7, 11) is 0. The van der Waals surface area contributed by atoms with Crippen LogP contribution in [0.4, 0.5) is 0 Å². The molecular formula is C19H14N4O. The van der Waals surface area contributed by atoms with Crippen molar-refractivity contribution in [3.63, 3.8) is 0 Å². The second-order valence-electron chi connectivity index (χ2n) is 5.83. The molecule has 0 radical (unpaired) electrons. The van der Waals surface area contributed by atoms with Crippen LogP contribution in [0.5, 0.6) is 0 Å². The number of aromatic amines is 1. The van der Waals surface area contributed by atoms with Gasteiger partial charge in [-0.15, -0.1) is 0 Å². The number of hydrogen-bond acceptors (Lipinski definition) is 3. The van der Waals surface area contributed by atoms with Crippen LogP contribution in [0.15, 0.2) is 54.6 Å². The summed E-state index contributed by atoms with van der Waals surface area (Å²) < 4.78 is 0. The van der Waals surface area contributed by atoms with E-state index in [9.17, 15) is 4.79 Å². The summed E-state index contributed by atoms with van der Waals surface area (Å²) in [4.78, 5) is 14.2. The highest BCUT2D eigenvalue weighted by molar-refractivity contribution is 6.02. The number of H-pyrrole nitrogens is 1. The number of para-hydroxylation sites is 1. The first-order chi connectivity index (χ1) is 11.7. The van der Waals surface area contributed by atoms with Crippen LogP contribution in [-0.2, 0) is 6.54 Å². The molecule has 24 heavy (non-hydrogen) atoms. The predicted octanol–water partition coefficient (Wildman–Crippen LogP) is 3.27. The molecule has 2 aromatic carbocycles. The maximum Gasteiger partial charge on any atom is 0.254 e. The molecule has 0 unspecified atom stereocenters. The fraction of sp³-hybridized carbons (Fsp3) is 0.105. The summed E-state index contributed by atoms with van der Waals surface area (Å²) in [5.74, 6) is -0.0666. The lowest BCUT2D eigenvalue weighted by Gasteiger charge is -2.14. The molecule has 1 aliphatic rings. The Morgan fingerprint density at radius 1 is 1.25 bits per heavy atom. The van der Waals surface area contributed by atoms with E-state index in [1.165, 1.54) is 0 Å². The van der Waals surface area contributed by atoms with E-state index in [-0.39, 0.29) is 12.5 Å². The number of aromatic nitrogens is 2. The summed E-state index contributed by atoms with van der Waals surface area (Å²) in [5.41, 5.74) is 4.75. The monoisotopic (exact) mass is 314 g/mol. The molecule has 0 saturated heterocycles. The number of rotatable bonds is 3. The first-order valence-corrected chi connectivity index (χ1v) is 7.61. The van der Waals surface area contributed by atoms with E-state index in [0.29, 0.717) is 17.7 Å². The van der Waals surface area contributed by atoms with Crippen LogP contribution in [0.2, 0.25) is 0 Å². The summed E-state index contributed by atoms with van der Waals surface area (Å²) >= 11 is 0. The Morgan fingerprint density at radius 2 is 2.04 bits per heavy atom. The van der Waals surface area contributed by atoms with Gasteiger partial charge in [0.15, 0.2) is 0 Å². The standard InChI is InChI=1S/C19H14N4O/c1-12(9-20)10-23-11-16-13(6-4-7-14(16)19(23)24)18-15-5-2-3-8-17(15)21-22-18/h2-8H,1,10-11H2,(H,21,22). The average molecular weight is 314 g/mol. The number of hydrogen-bond donors (Lipinski definition) is 1. The van der Waals surface area contributed by atoms with Crippen molar-refractivity contribution in [3.8, 4) is 17.3 Å². The minimum Gasteiger partial charge on any atom is -0.329 e. The largest absolute Gasteiger partial charge is 0.329 e. The van der Waals surface area contributed by atoms with Gasteiger partial charge >= 0.3 is 0 Å². The van der Waals surface area contributed by atoms with E-state index in [2.05, 4.69) is 16.8 Å². The van der Waals surface area contributed by atoms with Crippen molar-refractivity contribution in [1.29, 1.82) is 5.26 Å². The third-order valence-corrected chi connectivity index (χ3v) is 4.31. The quantitative estimate of drug-likeness (QED) is 0.754. The van der Waals surface area contributed by atoms with E-state index in [0.717, 1.165) is 27.7 Å². The third kappa shape index (κ3) is 2.09. The topological polar surface area (TPSA) is 72.8 Å². The molecule has 4 rings (SSSR count). The van der Waals surface area contributed by atoms with Crippen molar-refractivity contribution in [2.24, 2.45) is 0 Å². The van der Waals surface area contributed by atoms with Crippen molar-refractivity contribution in [2.75, 3.05) is 6.54 Å². The number of nitrogens with zero attached hydrogens (tertiary/aromatic N) is 3. The molecule has 0 fully saturated rings. The molecular weight excluding hydrogens is 300 g/mol. The van der Waals surface area contributed by atoms with Gasteiger partial charge in [-0.25, -0.2) is 0 Å². The number of carbonyl (C=O) groups excluding carboxylic acids is 1. The van der Waals surface area contributed by atoms with Gasteiger partial charge in [0.2, 0.25) is 0 Å². The molecule has 1 aromatic heterocycles. The first kappa shape index (κ1) is 14.2. The van der Waals surface area contributed by atoms with E-state index in [1.54, 1.807) is 4.90 Å². The summed E-state index contributed by atoms with van der Waals surface area (Å²) in [5, 5.41) is 17.4. The second kappa shape index (κ2) is 5.36. The van der Waals surface area contributed by atoms with Crippen LogP contribution >= 0.6 is 0 Å². The number of amides is 1. The van der Waals surface area contributed by atoms with Gasteiger partial charge in [-0.1, -0.05) is 36.9 Å². The van der Waals surface area contributed by atoms with Crippen LogP contribution in [0.1, 0.15) is 15.9 Å². The molecule has 3 aromatic rings. The molecule has 0 bridgehead atoms. The van der Waals surface area contributed by atoms with Crippen LogP contribution in [0.3, 0.4) is 0 Å². The number of carbonyl (C=O) groups is 1. The van der Waals surface area contributed by atoms with Crippen LogP contribution in [0.25, 0.3) is 22.2 Å². The van der Waals surface area contributed by atoms with Crippen molar-refractivity contribution in [3.05, 3.63) is 65.7 Å². The van der Waals surface area contributed by atoms with Crippen LogP contribution in [-0.4, -0.2) is 27.5 Å². The smallest absolute Gasteiger partial charge is 0.254 e. The normalized spacial score (nSPS) is 13.1. The third-order valence-electron chi connectivity index (χ3n) is 4.31. The van der Waals surface area contributed by atoms with Crippen LogP contribution in [0, 0.1) is 11.3 Å². The molecule has 0 aliphatic carbocycles. The zero-order chi connectivity index (χ0) is 16.7. The van der Waals surface area contributed by atoms with Crippen LogP contribution < -0.4 is 0 Å². The Bertz CT molecular complexity index is 1030. The van der Waals surface area contributed by atoms with E-state index in [1.807, 2.05) is 48.5 Å². The summed E-state index contributed by atoms with van der Waals surface area (Å²) in [6.45, 7) is 4.39. The second-order valence-corrected chi connectivity index (χ2v) is 5.83. The molecule has 1 aliphatic heterocycles.